The molecule has 162 valence electrons. The Kier molecular flexibility index (Phi) is 7.21. The summed E-state index contributed by atoms with van der Waals surface area (Å²) in [6.07, 6.45) is 5.42. The van der Waals surface area contributed by atoms with E-state index in [-0.39, 0.29) is 12.0 Å². The van der Waals surface area contributed by atoms with E-state index >= 15 is 0 Å². The van der Waals surface area contributed by atoms with Crippen LogP contribution in [0.4, 0.5) is 10.6 Å². The molecule has 1 aliphatic rings. The summed E-state index contributed by atoms with van der Waals surface area (Å²) >= 11 is 0. The van der Waals surface area contributed by atoms with Crippen molar-refractivity contribution >= 4 is 17.9 Å². The number of carboxylic acid groups (broad SMARTS) is 1. The number of hydrogen-bond acceptors (Lipinski definition) is 7. The number of carboxylic acids is 1. The summed E-state index contributed by atoms with van der Waals surface area (Å²) in [4.78, 5) is 27.6. The SMILES string of the molecule is CCCCOC(=O)Nc1c(-c2ccc(O[C@H]3CCC[C@H](C(=O)O)C3)cn2)nnn1C. The molecule has 0 aliphatic heterocycles. The van der Waals surface area contributed by atoms with E-state index in [1.54, 1.807) is 25.4 Å². The first kappa shape index (κ1) is 21.5. The van der Waals surface area contributed by atoms with Gasteiger partial charge in [-0.2, -0.15) is 0 Å². The molecule has 30 heavy (non-hydrogen) atoms. The van der Waals surface area contributed by atoms with E-state index < -0.39 is 12.1 Å². The average molecular weight is 417 g/mol. The third kappa shape index (κ3) is 5.46. The Morgan fingerprint density at radius 1 is 1.33 bits per heavy atom. The number of aromatic nitrogens is 4. The summed E-state index contributed by atoms with van der Waals surface area (Å²) in [6, 6.07) is 3.48. The van der Waals surface area contributed by atoms with Crippen molar-refractivity contribution in [3.63, 3.8) is 0 Å². The molecule has 10 heteroatoms. The lowest BCUT2D eigenvalue weighted by atomic mass is 9.87. The third-order valence-corrected chi connectivity index (χ3v) is 5.04. The van der Waals surface area contributed by atoms with Crippen LogP contribution in [0.2, 0.25) is 0 Å². The molecule has 0 aromatic carbocycles. The van der Waals surface area contributed by atoms with Crippen molar-refractivity contribution in [2.75, 3.05) is 11.9 Å². The molecule has 2 N–H and O–H groups in total. The van der Waals surface area contributed by atoms with E-state index in [9.17, 15) is 14.7 Å². The first-order valence-electron chi connectivity index (χ1n) is 10.2. The van der Waals surface area contributed by atoms with Crippen LogP contribution >= 0.6 is 0 Å². The molecular formula is C20H27N5O5. The predicted octanol–water partition coefficient (Wildman–Crippen LogP) is 3.25. The zero-order chi connectivity index (χ0) is 21.5. The fourth-order valence-corrected chi connectivity index (χ4v) is 3.37. The van der Waals surface area contributed by atoms with Crippen LogP contribution in [-0.2, 0) is 16.6 Å². The molecule has 10 nitrogen and oxygen atoms in total. The largest absolute Gasteiger partial charge is 0.489 e. The summed E-state index contributed by atoms with van der Waals surface area (Å²) in [7, 11) is 1.66. The van der Waals surface area contributed by atoms with Gasteiger partial charge in [0.05, 0.1) is 30.5 Å². The Bertz CT molecular complexity index is 867. The standard InChI is InChI=1S/C20H27N5O5/c1-3-4-10-29-20(28)22-18-17(23-24-25(18)2)16-9-8-15(12-21-16)30-14-7-5-6-13(11-14)19(26)27/h8-9,12-14H,3-7,10-11H2,1-2H3,(H,22,28)(H,26,27)/t13-,14-/m0/s1. The number of ether oxygens (including phenoxy) is 2. The Balaban J connectivity index is 1.65. The number of unbranched alkanes of at least 4 members (excludes halogenated alkanes) is 1. The average Bonchev–Trinajstić information content (AvgIpc) is 3.09. The van der Waals surface area contributed by atoms with Crippen LogP contribution in [0.5, 0.6) is 5.75 Å². The quantitative estimate of drug-likeness (QED) is 0.626. The number of amides is 1. The minimum Gasteiger partial charge on any atom is -0.489 e. The van der Waals surface area contributed by atoms with Crippen LogP contribution in [0.3, 0.4) is 0 Å². The molecule has 0 spiro atoms. The zero-order valence-electron chi connectivity index (χ0n) is 17.2. The van der Waals surface area contributed by atoms with Crippen molar-refractivity contribution in [2.45, 2.75) is 51.6 Å². The van der Waals surface area contributed by atoms with Gasteiger partial charge < -0.3 is 14.6 Å². The summed E-state index contributed by atoms with van der Waals surface area (Å²) in [5.41, 5.74) is 0.937. The molecule has 2 heterocycles. The number of rotatable bonds is 8. The van der Waals surface area contributed by atoms with E-state index in [2.05, 4.69) is 20.6 Å². The number of carbonyl (C=O) groups excluding carboxylic acids is 1. The highest BCUT2D eigenvalue weighted by atomic mass is 16.5. The van der Waals surface area contributed by atoms with Gasteiger partial charge in [-0.1, -0.05) is 18.6 Å². The molecule has 2 atom stereocenters. The molecule has 2 aromatic heterocycles. The first-order valence-corrected chi connectivity index (χ1v) is 10.2. The van der Waals surface area contributed by atoms with Gasteiger partial charge in [0, 0.05) is 7.05 Å². The van der Waals surface area contributed by atoms with Crippen molar-refractivity contribution in [3.05, 3.63) is 18.3 Å². The summed E-state index contributed by atoms with van der Waals surface area (Å²) < 4.78 is 12.5. The van der Waals surface area contributed by atoms with Crippen LogP contribution in [0.15, 0.2) is 18.3 Å². The number of aryl methyl sites for hydroxylation is 1. The minimum absolute atomic E-state index is 0.140. The second-order valence-corrected chi connectivity index (χ2v) is 7.35. The number of pyridine rings is 1. The third-order valence-electron chi connectivity index (χ3n) is 5.04. The molecule has 0 bridgehead atoms. The lowest BCUT2D eigenvalue weighted by Crippen LogP contribution is -2.29. The predicted molar refractivity (Wildman–Crippen MR) is 108 cm³/mol. The number of carbonyl (C=O) groups is 2. The summed E-state index contributed by atoms with van der Waals surface area (Å²) in [5, 5.41) is 19.9. The lowest BCUT2D eigenvalue weighted by Gasteiger charge is -2.27. The number of nitrogens with zero attached hydrogens (tertiary/aromatic N) is 4. The van der Waals surface area contributed by atoms with E-state index in [1.807, 2.05) is 6.92 Å². The molecule has 1 amide bonds. The molecule has 0 unspecified atom stereocenters. The Morgan fingerprint density at radius 2 is 2.17 bits per heavy atom. The van der Waals surface area contributed by atoms with Crippen molar-refractivity contribution in [3.8, 4) is 17.1 Å². The van der Waals surface area contributed by atoms with Gasteiger partial charge in [0.25, 0.3) is 0 Å². The normalized spacial score (nSPS) is 18.6. The van der Waals surface area contributed by atoms with Gasteiger partial charge in [0.15, 0.2) is 11.5 Å². The van der Waals surface area contributed by atoms with Crippen LogP contribution in [0.1, 0.15) is 45.4 Å². The fraction of sp³-hybridized carbons (Fsp3) is 0.550. The van der Waals surface area contributed by atoms with Crippen molar-refractivity contribution in [2.24, 2.45) is 13.0 Å². The van der Waals surface area contributed by atoms with Gasteiger partial charge in [-0.15, -0.1) is 5.10 Å². The van der Waals surface area contributed by atoms with Crippen molar-refractivity contribution in [1.82, 2.24) is 20.0 Å². The summed E-state index contributed by atoms with van der Waals surface area (Å²) in [6.45, 7) is 2.36. The summed E-state index contributed by atoms with van der Waals surface area (Å²) in [5.74, 6) is -0.185. The second kappa shape index (κ2) is 10.0. The van der Waals surface area contributed by atoms with Gasteiger partial charge in [-0.05, 0) is 44.2 Å². The van der Waals surface area contributed by atoms with Gasteiger partial charge in [-0.25, -0.2) is 9.48 Å². The Labute approximate surface area is 174 Å². The Morgan fingerprint density at radius 3 is 2.87 bits per heavy atom. The smallest absolute Gasteiger partial charge is 0.412 e. The maximum Gasteiger partial charge on any atom is 0.412 e. The monoisotopic (exact) mass is 417 g/mol. The fourth-order valence-electron chi connectivity index (χ4n) is 3.37. The minimum atomic E-state index is -0.771. The topological polar surface area (TPSA) is 128 Å². The van der Waals surface area contributed by atoms with Gasteiger partial charge in [-0.3, -0.25) is 15.1 Å². The number of hydrogen-bond donors (Lipinski definition) is 2. The Hall–Kier alpha value is -3.17. The molecule has 1 saturated carbocycles. The van der Waals surface area contributed by atoms with Crippen molar-refractivity contribution < 1.29 is 24.2 Å². The maximum absolute atomic E-state index is 12.0. The van der Waals surface area contributed by atoms with Gasteiger partial charge in [0.1, 0.15) is 5.75 Å². The number of anilines is 1. The zero-order valence-corrected chi connectivity index (χ0v) is 17.2. The maximum atomic E-state index is 12.0. The van der Waals surface area contributed by atoms with Crippen LogP contribution in [-0.4, -0.2) is 49.9 Å². The van der Waals surface area contributed by atoms with Gasteiger partial charge in [0.2, 0.25) is 0 Å². The van der Waals surface area contributed by atoms with Crippen molar-refractivity contribution in [1.29, 1.82) is 0 Å². The second-order valence-electron chi connectivity index (χ2n) is 7.35. The first-order chi connectivity index (χ1) is 14.5. The highest BCUT2D eigenvalue weighted by Gasteiger charge is 2.28. The van der Waals surface area contributed by atoms with Crippen LogP contribution in [0.25, 0.3) is 11.4 Å². The van der Waals surface area contributed by atoms with E-state index in [0.717, 1.165) is 25.7 Å². The molecular weight excluding hydrogens is 390 g/mol. The number of nitrogens with one attached hydrogen (secondary N) is 1. The molecule has 0 saturated heterocycles. The van der Waals surface area contributed by atoms with E-state index in [1.165, 1.54) is 4.68 Å². The van der Waals surface area contributed by atoms with E-state index in [4.69, 9.17) is 9.47 Å². The molecule has 2 aromatic rings. The molecule has 0 radical (unpaired) electrons. The molecule has 3 rings (SSSR count). The highest BCUT2D eigenvalue weighted by Crippen LogP contribution is 2.29. The molecule has 1 aliphatic carbocycles. The van der Waals surface area contributed by atoms with Crippen LogP contribution in [0, 0.1) is 5.92 Å². The lowest BCUT2D eigenvalue weighted by molar-refractivity contribution is -0.143. The number of aliphatic carboxylic acids is 1. The van der Waals surface area contributed by atoms with Gasteiger partial charge >= 0.3 is 12.1 Å². The van der Waals surface area contributed by atoms with Crippen LogP contribution < -0.4 is 10.1 Å². The van der Waals surface area contributed by atoms with E-state index in [0.29, 0.717) is 42.4 Å². The molecule has 1 fully saturated rings. The highest BCUT2D eigenvalue weighted by molar-refractivity contribution is 5.88.